The molecule has 0 bridgehead atoms. The largest absolute Gasteiger partial charge is 0.383 e. The molecule has 15 heavy (non-hydrogen) atoms. The average molecular weight is 271 g/mol. The van der Waals surface area contributed by atoms with Crippen LogP contribution in [0.3, 0.4) is 0 Å². The fourth-order valence-corrected chi connectivity index (χ4v) is 0.254. The highest BCUT2D eigenvalue weighted by Crippen LogP contribution is 1.86. The molecule has 3 unspecified atom stereocenters. The molecular formula is C9H24NO2P3. The number of rotatable bonds is 2. The minimum absolute atomic E-state index is 0. The normalized spacial score (nSPS) is 7.40. The summed E-state index contributed by atoms with van der Waals surface area (Å²) >= 11 is 0. The third-order valence-electron chi connectivity index (χ3n) is 0.607. The molecule has 0 aromatic heterocycles. The van der Waals surface area contributed by atoms with Crippen molar-refractivity contribution in [3.8, 4) is 0 Å². The molecule has 0 spiro atoms. The van der Waals surface area contributed by atoms with E-state index in [-0.39, 0.29) is 21.5 Å². The summed E-state index contributed by atoms with van der Waals surface area (Å²) in [4.78, 5) is 21.5. The Kier molecular flexibility index (Phi) is 32.1. The maximum Gasteiger partial charge on any atom is 0.154 e. The number of carbonyl (C=O) groups excluding carboxylic acids is 2. The second-order valence-electron chi connectivity index (χ2n) is 2.80. The summed E-state index contributed by atoms with van der Waals surface area (Å²) in [5, 5.41) is 0. The first-order chi connectivity index (χ1) is 6.36. The van der Waals surface area contributed by atoms with Gasteiger partial charge in [-0.05, 0) is 26.8 Å². The summed E-state index contributed by atoms with van der Waals surface area (Å²) < 4.78 is 0. The lowest BCUT2D eigenvalue weighted by molar-refractivity contribution is -0.115. The van der Waals surface area contributed by atoms with Gasteiger partial charge in [-0.3, -0.25) is 4.79 Å². The van der Waals surface area contributed by atoms with Crippen molar-refractivity contribution < 1.29 is 9.59 Å². The molecule has 0 aliphatic rings. The third kappa shape index (κ3) is 78.5. The van der Waals surface area contributed by atoms with Crippen molar-refractivity contribution in [2.75, 3.05) is 14.1 Å². The number of hydrogen-bond donors (Lipinski definition) is 0. The van der Waals surface area contributed by atoms with Crippen LogP contribution in [0.1, 0.15) is 20.8 Å². The summed E-state index contributed by atoms with van der Waals surface area (Å²) in [5.74, 6) is 0.249. The first-order valence-corrected chi connectivity index (χ1v) is 6.68. The van der Waals surface area contributed by atoms with Gasteiger partial charge in [-0.25, -0.2) is 0 Å². The molecule has 3 nitrogen and oxygen atoms in total. The highest BCUT2D eigenvalue weighted by molar-refractivity contribution is 7.92. The van der Waals surface area contributed by atoms with Gasteiger partial charge in [-0.2, -0.15) is 9.90 Å². The van der Waals surface area contributed by atoms with Gasteiger partial charge < -0.3 is 9.69 Å². The first kappa shape index (κ1) is 24.4. The molecule has 0 rings (SSSR count). The van der Waals surface area contributed by atoms with E-state index in [1.165, 1.54) is 26.8 Å². The Morgan fingerprint density at radius 3 is 1.40 bits per heavy atom. The van der Waals surface area contributed by atoms with E-state index in [9.17, 15) is 9.59 Å². The number of Topliss-reactive ketones (excluding diaryl/α,β-unsaturated/α-hetero) is 1. The molecule has 0 N–H and O–H groups in total. The Bertz CT molecular complexity index is 178. The maximum atomic E-state index is 10.2. The SMILES string of the molecule is CC(=O)/C=C/N(C)C.CC(C)=O.P.PP. The Balaban J connectivity index is -0.0000000742. The Hall–Kier alpha value is 0.170. The highest BCUT2D eigenvalue weighted by atomic mass is 32.0. The van der Waals surface area contributed by atoms with Crippen molar-refractivity contribution in [3.63, 3.8) is 0 Å². The fourth-order valence-electron chi connectivity index (χ4n) is 0.254. The molecule has 0 heterocycles. The van der Waals surface area contributed by atoms with E-state index in [2.05, 4.69) is 17.9 Å². The molecule has 0 aromatic carbocycles. The van der Waals surface area contributed by atoms with Crippen LogP contribution in [0.4, 0.5) is 0 Å². The van der Waals surface area contributed by atoms with Crippen LogP contribution in [0.2, 0.25) is 0 Å². The van der Waals surface area contributed by atoms with Crippen LogP contribution in [-0.4, -0.2) is 30.6 Å². The van der Waals surface area contributed by atoms with Crippen LogP contribution >= 0.6 is 27.8 Å². The highest BCUT2D eigenvalue weighted by Gasteiger charge is 1.79. The van der Waals surface area contributed by atoms with Crippen molar-refractivity contribution in [3.05, 3.63) is 12.3 Å². The van der Waals surface area contributed by atoms with Gasteiger partial charge in [0.1, 0.15) is 5.78 Å². The standard InChI is InChI=1S/C6H11NO.C3H6O.H4P2.H3P/c1-6(8)4-5-7(2)3;1-3(2)4;1-2;/h4-5H,1-3H3;1-2H3;1-2H2;1H3/b5-4+;;;. The van der Waals surface area contributed by atoms with E-state index < -0.39 is 0 Å². The summed E-state index contributed by atoms with van der Waals surface area (Å²) in [7, 11) is 8.42. The number of nitrogens with zero attached hydrogens (tertiary/aromatic N) is 1. The number of carbonyl (C=O) groups is 2. The van der Waals surface area contributed by atoms with Gasteiger partial charge in [0.2, 0.25) is 0 Å². The van der Waals surface area contributed by atoms with Crippen molar-refractivity contribution in [2.24, 2.45) is 0 Å². The van der Waals surface area contributed by atoms with Crippen LogP contribution in [0, 0.1) is 0 Å². The van der Waals surface area contributed by atoms with Crippen molar-refractivity contribution in [1.29, 1.82) is 0 Å². The van der Waals surface area contributed by atoms with E-state index in [1.54, 1.807) is 6.20 Å². The van der Waals surface area contributed by atoms with Crippen LogP contribution in [0.5, 0.6) is 0 Å². The van der Waals surface area contributed by atoms with Crippen LogP contribution in [-0.2, 0) is 9.59 Å². The van der Waals surface area contributed by atoms with Gasteiger partial charge in [0.05, 0.1) is 0 Å². The second-order valence-corrected chi connectivity index (χ2v) is 2.80. The quantitative estimate of drug-likeness (QED) is 0.569. The minimum atomic E-state index is 0. The molecule has 6 heteroatoms. The van der Waals surface area contributed by atoms with Gasteiger partial charge in [-0.1, -0.05) is 0 Å². The van der Waals surface area contributed by atoms with E-state index in [0.717, 1.165) is 0 Å². The molecule has 0 saturated carbocycles. The number of ketones is 2. The lowest BCUT2D eigenvalue weighted by atomic mass is 10.4. The summed E-state index contributed by atoms with van der Waals surface area (Å²) in [6.45, 7) is 4.58. The molecule has 0 aromatic rings. The summed E-state index contributed by atoms with van der Waals surface area (Å²) in [5.41, 5.74) is 0. The van der Waals surface area contributed by atoms with Crippen LogP contribution in [0.15, 0.2) is 12.3 Å². The molecule has 0 aliphatic heterocycles. The Morgan fingerprint density at radius 1 is 1.07 bits per heavy atom. The summed E-state index contributed by atoms with van der Waals surface area (Å²) in [6.07, 6.45) is 3.25. The van der Waals surface area contributed by atoms with E-state index in [4.69, 9.17) is 0 Å². The lowest BCUT2D eigenvalue weighted by Crippen LogP contribution is -2.01. The second kappa shape index (κ2) is 19.7. The molecule has 3 atom stereocenters. The molecular weight excluding hydrogens is 247 g/mol. The van der Waals surface area contributed by atoms with E-state index in [1.807, 2.05) is 19.0 Å². The predicted molar refractivity (Wildman–Crippen MR) is 80.4 cm³/mol. The van der Waals surface area contributed by atoms with Gasteiger partial charge in [-0.15, -0.1) is 17.9 Å². The van der Waals surface area contributed by atoms with Gasteiger partial charge >= 0.3 is 0 Å². The maximum absolute atomic E-state index is 10.2. The zero-order chi connectivity index (χ0) is 12.1. The number of allylic oxidation sites excluding steroid dienone is 1. The van der Waals surface area contributed by atoms with Crippen molar-refractivity contribution in [2.45, 2.75) is 20.8 Å². The van der Waals surface area contributed by atoms with Crippen LogP contribution in [0.25, 0.3) is 0 Å². The zero-order valence-corrected chi connectivity index (χ0v) is 14.0. The molecule has 0 amide bonds. The van der Waals surface area contributed by atoms with Crippen molar-refractivity contribution in [1.82, 2.24) is 4.90 Å². The minimum Gasteiger partial charge on any atom is -0.383 e. The molecule has 0 radical (unpaired) electrons. The summed E-state index contributed by atoms with van der Waals surface area (Å²) in [6, 6.07) is 0. The van der Waals surface area contributed by atoms with Crippen LogP contribution < -0.4 is 0 Å². The molecule has 0 saturated heterocycles. The fraction of sp³-hybridized carbons (Fsp3) is 0.556. The molecule has 92 valence electrons. The van der Waals surface area contributed by atoms with Gasteiger partial charge in [0, 0.05) is 20.3 Å². The molecule has 0 aliphatic carbocycles. The zero-order valence-electron chi connectivity index (χ0n) is 10.3. The lowest BCUT2D eigenvalue weighted by Gasteiger charge is -2.00. The first-order valence-electron chi connectivity index (χ1n) is 4.02. The Labute approximate surface area is 101 Å². The van der Waals surface area contributed by atoms with Gasteiger partial charge in [0.25, 0.3) is 0 Å². The smallest absolute Gasteiger partial charge is 0.154 e. The van der Waals surface area contributed by atoms with Gasteiger partial charge in [0.15, 0.2) is 5.78 Å². The average Bonchev–Trinajstić information content (AvgIpc) is 2.03. The monoisotopic (exact) mass is 271 g/mol. The predicted octanol–water partition coefficient (Wildman–Crippen LogP) is 1.96. The van der Waals surface area contributed by atoms with E-state index >= 15 is 0 Å². The number of hydrogen-bond acceptors (Lipinski definition) is 3. The Morgan fingerprint density at radius 2 is 1.33 bits per heavy atom. The molecule has 0 fully saturated rings. The van der Waals surface area contributed by atoms with Crippen molar-refractivity contribution >= 4 is 39.3 Å². The topological polar surface area (TPSA) is 37.4 Å². The third-order valence-corrected chi connectivity index (χ3v) is 0.607. The van der Waals surface area contributed by atoms with E-state index in [0.29, 0.717) is 0 Å².